The van der Waals surface area contributed by atoms with E-state index in [-0.39, 0.29) is 43.1 Å². The molecule has 2 aromatic carbocycles. The van der Waals surface area contributed by atoms with Crippen molar-refractivity contribution < 1.29 is 19.2 Å². The van der Waals surface area contributed by atoms with Gasteiger partial charge in [-0.2, -0.15) is 0 Å². The zero-order valence-electron chi connectivity index (χ0n) is 17.4. The van der Waals surface area contributed by atoms with E-state index in [2.05, 4.69) is 16.0 Å². The van der Waals surface area contributed by atoms with Gasteiger partial charge in [-0.1, -0.05) is 12.1 Å². The first-order valence-corrected chi connectivity index (χ1v) is 10.6. The summed E-state index contributed by atoms with van der Waals surface area (Å²) in [5, 5.41) is 7.95. The molecule has 1 saturated heterocycles. The molecule has 0 saturated carbocycles. The summed E-state index contributed by atoms with van der Waals surface area (Å²) >= 11 is 0. The summed E-state index contributed by atoms with van der Waals surface area (Å²) in [5.74, 6) is -1.17. The zero-order chi connectivity index (χ0) is 22.9. The number of hydrogen-bond acceptors (Lipinski definition) is 5. The Labute approximate surface area is 186 Å². The highest BCUT2D eigenvalue weighted by Crippen LogP contribution is 2.43. The van der Waals surface area contributed by atoms with Crippen LogP contribution in [0.25, 0.3) is 11.0 Å². The highest BCUT2D eigenvalue weighted by molar-refractivity contribution is 6.06. The van der Waals surface area contributed by atoms with Crippen LogP contribution in [-0.2, 0) is 45.1 Å². The van der Waals surface area contributed by atoms with Gasteiger partial charge in [0.2, 0.25) is 23.6 Å². The van der Waals surface area contributed by atoms with Crippen molar-refractivity contribution in [3.63, 3.8) is 0 Å². The minimum absolute atomic E-state index is 0.0936. The molecular formula is C23H19N5O5. The third kappa shape index (κ3) is 2.90. The van der Waals surface area contributed by atoms with Crippen LogP contribution in [0, 0.1) is 5.41 Å². The summed E-state index contributed by atoms with van der Waals surface area (Å²) in [6, 6.07) is 10.6. The highest BCUT2D eigenvalue weighted by Gasteiger charge is 2.50. The monoisotopic (exact) mass is 445 g/mol. The number of benzene rings is 2. The fourth-order valence-corrected chi connectivity index (χ4v) is 5.26. The molecule has 1 atom stereocenters. The lowest BCUT2D eigenvalue weighted by Gasteiger charge is -2.16. The lowest BCUT2D eigenvalue weighted by Crippen LogP contribution is -2.33. The number of imidazole rings is 1. The van der Waals surface area contributed by atoms with E-state index < -0.39 is 11.1 Å². The van der Waals surface area contributed by atoms with Gasteiger partial charge in [0.25, 0.3) is 0 Å². The van der Waals surface area contributed by atoms with Gasteiger partial charge in [-0.3, -0.25) is 33.6 Å². The van der Waals surface area contributed by atoms with Crippen molar-refractivity contribution in [1.82, 2.24) is 14.5 Å². The van der Waals surface area contributed by atoms with Crippen LogP contribution in [-0.4, -0.2) is 32.8 Å². The van der Waals surface area contributed by atoms with Crippen LogP contribution < -0.4 is 21.6 Å². The number of rotatable bonds is 3. The topological polar surface area (TPSA) is 131 Å². The van der Waals surface area contributed by atoms with Gasteiger partial charge in [0, 0.05) is 12.1 Å². The summed E-state index contributed by atoms with van der Waals surface area (Å²) in [4.78, 5) is 61.6. The molecule has 3 N–H and O–H groups in total. The van der Waals surface area contributed by atoms with Gasteiger partial charge in [0.1, 0.15) is 13.1 Å². The first-order chi connectivity index (χ1) is 15.8. The van der Waals surface area contributed by atoms with Crippen molar-refractivity contribution in [3.05, 3.63) is 58.0 Å². The summed E-state index contributed by atoms with van der Waals surface area (Å²) in [6.07, 6.45) is 1.12. The van der Waals surface area contributed by atoms with Crippen LogP contribution in [0.1, 0.15) is 17.5 Å². The second-order valence-corrected chi connectivity index (χ2v) is 8.90. The second kappa shape index (κ2) is 6.64. The SMILES string of the molecule is O=C1CC2(Cc3ccc(NC(=O)Cn4c(=O)n5c6c(cccc64)NC(=O)C5)cc3C2)C(=O)N1. The molecule has 166 valence electrons. The van der Waals surface area contributed by atoms with E-state index in [9.17, 15) is 24.0 Å². The number of carbonyl (C=O) groups is 4. The Kier molecular flexibility index (Phi) is 3.92. The Balaban J connectivity index is 1.25. The highest BCUT2D eigenvalue weighted by atomic mass is 16.2. The van der Waals surface area contributed by atoms with Gasteiger partial charge in [-0.25, -0.2) is 4.79 Å². The number of nitrogens with zero attached hydrogens (tertiary/aromatic N) is 2. The van der Waals surface area contributed by atoms with Crippen LogP contribution in [0.2, 0.25) is 0 Å². The van der Waals surface area contributed by atoms with E-state index in [1.54, 1.807) is 24.3 Å². The molecule has 3 aromatic rings. The molecule has 1 fully saturated rings. The normalized spacial score (nSPS) is 20.8. The number of imide groups is 1. The summed E-state index contributed by atoms with van der Waals surface area (Å²) < 4.78 is 2.73. The number of anilines is 2. The molecule has 3 aliphatic rings. The standard InChI is InChI=1S/C23H19N5O5/c29-17-9-23(21(32)26-17)7-12-4-5-14(6-13(12)8-23)24-18(30)10-27-16-3-1-2-15-20(16)28(22(27)33)11-19(31)25-15/h1-6H,7-11H2,(H,24,30)(H,25,31)(H,26,29,32). The Morgan fingerprint density at radius 1 is 0.970 bits per heavy atom. The Hall–Kier alpha value is -4.21. The molecule has 10 heteroatoms. The Morgan fingerprint density at radius 3 is 2.58 bits per heavy atom. The fraction of sp³-hybridized carbons (Fsp3) is 0.261. The number of aromatic nitrogens is 2. The smallest absolute Gasteiger partial charge is 0.325 e. The Bertz CT molecular complexity index is 1480. The van der Waals surface area contributed by atoms with Crippen molar-refractivity contribution in [2.45, 2.75) is 32.4 Å². The molecule has 0 radical (unpaired) electrons. The van der Waals surface area contributed by atoms with Crippen LogP contribution in [0.15, 0.2) is 41.2 Å². The van der Waals surface area contributed by atoms with Crippen molar-refractivity contribution in [2.24, 2.45) is 5.41 Å². The quantitative estimate of drug-likeness (QED) is 0.506. The van der Waals surface area contributed by atoms with E-state index in [1.807, 2.05) is 12.1 Å². The van der Waals surface area contributed by atoms with Crippen LogP contribution in [0.4, 0.5) is 11.4 Å². The summed E-state index contributed by atoms with van der Waals surface area (Å²) in [7, 11) is 0. The number of nitrogens with one attached hydrogen (secondary N) is 3. The van der Waals surface area contributed by atoms with Crippen molar-refractivity contribution >= 4 is 46.0 Å². The number of carbonyl (C=O) groups excluding carboxylic acids is 4. The first-order valence-electron chi connectivity index (χ1n) is 10.6. The Morgan fingerprint density at radius 2 is 1.79 bits per heavy atom. The van der Waals surface area contributed by atoms with E-state index in [0.717, 1.165) is 11.1 Å². The predicted molar refractivity (Wildman–Crippen MR) is 118 cm³/mol. The largest absolute Gasteiger partial charge is 0.330 e. The number of hydrogen-bond donors (Lipinski definition) is 3. The molecule has 1 aliphatic carbocycles. The van der Waals surface area contributed by atoms with Gasteiger partial charge in [0.05, 0.1) is 22.1 Å². The van der Waals surface area contributed by atoms with Crippen LogP contribution in [0.5, 0.6) is 0 Å². The van der Waals surface area contributed by atoms with E-state index in [4.69, 9.17) is 0 Å². The van der Waals surface area contributed by atoms with E-state index in [0.29, 0.717) is 35.2 Å². The van der Waals surface area contributed by atoms with Crippen molar-refractivity contribution in [3.8, 4) is 0 Å². The summed E-state index contributed by atoms with van der Waals surface area (Å²) in [5.41, 5.74) is 3.03. The minimum Gasteiger partial charge on any atom is -0.325 e. The van der Waals surface area contributed by atoms with Crippen LogP contribution in [0.3, 0.4) is 0 Å². The molecule has 2 aliphatic heterocycles. The van der Waals surface area contributed by atoms with E-state index in [1.165, 1.54) is 9.13 Å². The van der Waals surface area contributed by atoms with Gasteiger partial charge in [-0.15, -0.1) is 0 Å². The minimum atomic E-state index is -0.730. The van der Waals surface area contributed by atoms with Gasteiger partial charge >= 0.3 is 5.69 Å². The van der Waals surface area contributed by atoms with Gasteiger partial charge < -0.3 is 10.6 Å². The maximum Gasteiger partial charge on any atom is 0.330 e. The van der Waals surface area contributed by atoms with Crippen molar-refractivity contribution in [1.29, 1.82) is 0 Å². The number of fused-ring (bicyclic) bond motifs is 1. The lowest BCUT2D eigenvalue weighted by molar-refractivity contribution is -0.128. The molecule has 6 rings (SSSR count). The summed E-state index contributed by atoms with van der Waals surface area (Å²) in [6.45, 7) is -0.304. The molecule has 33 heavy (non-hydrogen) atoms. The molecule has 1 unspecified atom stereocenters. The number of para-hydroxylation sites is 1. The van der Waals surface area contributed by atoms with Crippen molar-refractivity contribution in [2.75, 3.05) is 10.6 Å². The van der Waals surface area contributed by atoms with Gasteiger partial charge in [0.15, 0.2) is 0 Å². The van der Waals surface area contributed by atoms with Gasteiger partial charge in [-0.05, 0) is 48.2 Å². The molecule has 0 bridgehead atoms. The second-order valence-electron chi connectivity index (χ2n) is 8.90. The molecule has 10 nitrogen and oxygen atoms in total. The molecule has 1 aromatic heterocycles. The molecular weight excluding hydrogens is 426 g/mol. The number of amides is 4. The first kappa shape index (κ1) is 19.5. The predicted octanol–water partition coefficient (Wildman–Crippen LogP) is 0.525. The molecule has 4 amide bonds. The third-order valence-corrected chi connectivity index (χ3v) is 6.70. The average molecular weight is 445 g/mol. The third-order valence-electron chi connectivity index (χ3n) is 6.70. The lowest BCUT2D eigenvalue weighted by atomic mass is 9.83. The maximum absolute atomic E-state index is 12.9. The maximum atomic E-state index is 12.9. The average Bonchev–Trinajstić information content (AvgIpc) is 3.35. The van der Waals surface area contributed by atoms with E-state index >= 15 is 0 Å². The molecule has 3 heterocycles. The fourth-order valence-electron chi connectivity index (χ4n) is 5.26. The zero-order valence-corrected chi connectivity index (χ0v) is 17.4. The molecule has 1 spiro atoms. The van der Waals surface area contributed by atoms with Crippen LogP contribution >= 0.6 is 0 Å².